The van der Waals surface area contributed by atoms with Crippen molar-refractivity contribution in [3.63, 3.8) is 0 Å². The lowest BCUT2D eigenvalue weighted by molar-refractivity contribution is -0.137. The lowest BCUT2D eigenvalue weighted by Crippen LogP contribution is -2.40. The van der Waals surface area contributed by atoms with E-state index in [4.69, 9.17) is 21.4 Å². The summed E-state index contributed by atoms with van der Waals surface area (Å²) in [6.07, 6.45) is 1.14. The molecule has 9 heteroatoms. The first kappa shape index (κ1) is 18.4. The average Bonchev–Trinajstić information content (AvgIpc) is 2.91. The first-order chi connectivity index (χ1) is 12.5. The summed E-state index contributed by atoms with van der Waals surface area (Å²) in [4.78, 5) is 39.2. The van der Waals surface area contributed by atoms with Gasteiger partial charge in [0, 0.05) is 24.7 Å². The molecule has 0 unspecified atom stereocenters. The maximum atomic E-state index is 12.6. The molecule has 2 aliphatic rings. The number of hydrogen-bond acceptors (Lipinski definition) is 6. The Balaban J connectivity index is 1.78. The summed E-state index contributed by atoms with van der Waals surface area (Å²) >= 11 is 6.16. The molecule has 1 aromatic carbocycles. The maximum absolute atomic E-state index is 12.6. The topological polar surface area (TPSA) is 99.2 Å². The molecule has 138 valence electrons. The molecule has 0 spiro atoms. The highest BCUT2D eigenvalue weighted by molar-refractivity contribution is 6.33. The van der Waals surface area contributed by atoms with Gasteiger partial charge >= 0.3 is 0 Å². The number of carbonyl (C=O) groups is 3. The molecule has 1 aromatic rings. The molecule has 1 saturated heterocycles. The van der Waals surface area contributed by atoms with E-state index in [1.54, 1.807) is 23.1 Å². The van der Waals surface area contributed by atoms with Crippen LogP contribution >= 0.6 is 11.6 Å². The third-order valence-electron chi connectivity index (χ3n) is 4.11. The number of nitrogens with zero attached hydrogens (tertiary/aromatic N) is 2. The summed E-state index contributed by atoms with van der Waals surface area (Å²) in [6.45, 7) is 1.62. The summed E-state index contributed by atoms with van der Waals surface area (Å²) in [6, 6.07) is 4.72. The normalized spacial score (nSPS) is 17.5. The monoisotopic (exact) mass is 379 g/mol. The molecule has 0 radical (unpaired) electrons. The van der Waals surface area contributed by atoms with E-state index in [9.17, 15) is 14.4 Å². The lowest BCUT2D eigenvalue weighted by Gasteiger charge is -2.27. The number of nitrogens with one attached hydrogen (secondary N) is 1. The molecule has 3 rings (SSSR count). The van der Waals surface area contributed by atoms with Crippen molar-refractivity contribution in [1.29, 1.82) is 0 Å². The third kappa shape index (κ3) is 3.72. The van der Waals surface area contributed by atoms with Crippen LogP contribution in [0.2, 0.25) is 5.02 Å². The highest BCUT2D eigenvalue weighted by Gasteiger charge is 2.31. The number of aliphatic hydroxyl groups is 1. The molecule has 3 amide bonds. The Hall–Kier alpha value is -2.42. The van der Waals surface area contributed by atoms with Gasteiger partial charge in [-0.05, 0) is 18.2 Å². The van der Waals surface area contributed by atoms with Gasteiger partial charge in [0.05, 0.1) is 37.1 Å². The lowest BCUT2D eigenvalue weighted by atomic mass is 10.1. The first-order valence-electron chi connectivity index (χ1n) is 8.13. The van der Waals surface area contributed by atoms with Crippen LogP contribution in [0.15, 0.2) is 30.0 Å². The van der Waals surface area contributed by atoms with Crippen LogP contribution in [0.1, 0.15) is 10.4 Å². The van der Waals surface area contributed by atoms with Gasteiger partial charge < -0.3 is 20.1 Å². The number of hydrogen-bond donors (Lipinski definition) is 2. The van der Waals surface area contributed by atoms with Gasteiger partial charge in [-0.15, -0.1) is 0 Å². The van der Waals surface area contributed by atoms with Crippen LogP contribution in [0.4, 0.5) is 5.69 Å². The maximum Gasteiger partial charge on any atom is 0.277 e. The SMILES string of the molecule is O=C(c1ccc(Cl)c(NC2=CC(=O)N(CCO)C2=O)c1)N1CCOCC1. The minimum atomic E-state index is -0.551. The van der Waals surface area contributed by atoms with Crippen molar-refractivity contribution in [1.82, 2.24) is 9.80 Å². The number of rotatable bonds is 5. The Morgan fingerprint density at radius 3 is 2.69 bits per heavy atom. The number of ether oxygens (including phenoxy) is 1. The minimum absolute atomic E-state index is 0.0429. The fraction of sp³-hybridized carbons (Fsp3) is 0.353. The molecule has 0 aromatic heterocycles. The van der Waals surface area contributed by atoms with Crippen molar-refractivity contribution in [2.45, 2.75) is 0 Å². The molecule has 0 aliphatic carbocycles. The van der Waals surface area contributed by atoms with E-state index >= 15 is 0 Å². The van der Waals surface area contributed by atoms with Crippen molar-refractivity contribution in [3.8, 4) is 0 Å². The average molecular weight is 380 g/mol. The number of amides is 3. The van der Waals surface area contributed by atoms with Crippen LogP contribution in [0.5, 0.6) is 0 Å². The number of aliphatic hydroxyl groups excluding tert-OH is 1. The summed E-state index contributed by atoms with van der Waals surface area (Å²) in [7, 11) is 0. The van der Waals surface area contributed by atoms with Gasteiger partial charge in [0.15, 0.2) is 0 Å². The predicted molar refractivity (Wildman–Crippen MR) is 93.7 cm³/mol. The van der Waals surface area contributed by atoms with Gasteiger partial charge in [-0.1, -0.05) is 11.6 Å². The van der Waals surface area contributed by atoms with Crippen molar-refractivity contribution in [3.05, 3.63) is 40.6 Å². The minimum Gasteiger partial charge on any atom is -0.395 e. The molecule has 0 atom stereocenters. The molecule has 2 N–H and O–H groups in total. The largest absolute Gasteiger partial charge is 0.395 e. The van der Waals surface area contributed by atoms with E-state index in [0.717, 1.165) is 11.0 Å². The Morgan fingerprint density at radius 1 is 1.27 bits per heavy atom. The highest BCUT2D eigenvalue weighted by atomic mass is 35.5. The zero-order chi connectivity index (χ0) is 18.7. The number of halogens is 1. The van der Waals surface area contributed by atoms with Gasteiger partial charge in [0.1, 0.15) is 5.70 Å². The van der Waals surface area contributed by atoms with Gasteiger partial charge in [-0.3, -0.25) is 19.3 Å². The zero-order valence-corrected chi connectivity index (χ0v) is 14.7. The van der Waals surface area contributed by atoms with E-state index in [1.165, 1.54) is 0 Å². The van der Waals surface area contributed by atoms with Crippen molar-refractivity contribution in [2.75, 3.05) is 44.8 Å². The summed E-state index contributed by atoms with van der Waals surface area (Å²) < 4.78 is 5.24. The fourth-order valence-corrected chi connectivity index (χ4v) is 2.92. The number of benzene rings is 1. The van der Waals surface area contributed by atoms with E-state index in [2.05, 4.69) is 5.32 Å². The Labute approximate surface area is 155 Å². The predicted octanol–water partition coefficient (Wildman–Crippen LogP) is 0.469. The quantitative estimate of drug-likeness (QED) is 0.721. The smallest absolute Gasteiger partial charge is 0.277 e. The van der Waals surface area contributed by atoms with E-state index < -0.39 is 11.8 Å². The van der Waals surface area contributed by atoms with Crippen molar-refractivity contribution >= 4 is 35.0 Å². The molecule has 2 aliphatic heterocycles. The number of anilines is 1. The van der Waals surface area contributed by atoms with Crippen LogP contribution in [0.3, 0.4) is 0 Å². The van der Waals surface area contributed by atoms with Crippen molar-refractivity contribution < 1.29 is 24.2 Å². The summed E-state index contributed by atoms with van der Waals surface area (Å²) in [5, 5.41) is 12.1. The molecule has 26 heavy (non-hydrogen) atoms. The molecule has 0 bridgehead atoms. The Kier molecular flexibility index (Phi) is 5.55. The van der Waals surface area contributed by atoms with Gasteiger partial charge in [0.2, 0.25) is 0 Å². The van der Waals surface area contributed by atoms with Crippen LogP contribution < -0.4 is 5.32 Å². The standard InChI is InChI=1S/C17H18ClN3O5/c18-12-2-1-11(16(24)20-4-7-26-8-5-20)9-13(12)19-14-10-15(23)21(3-6-22)17(14)25/h1-2,9-10,19,22H,3-8H2. The molecule has 1 fully saturated rings. The Morgan fingerprint density at radius 2 is 2.00 bits per heavy atom. The first-order valence-corrected chi connectivity index (χ1v) is 8.51. The van der Waals surface area contributed by atoms with Crippen LogP contribution in [-0.2, 0) is 14.3 Å². The fourth-order valence-electron chi connectivity index (χ4n) is 2.76. The van der Waals surface area contributed by atoms with Crippen LogP contribution in [0, 0.1) is 0 Å². The van der Waals surface area contributed by atoms with E-state index in [1.807, 2.05) is 0 Å². The summed E-state index contributed by atoms with van der Waals surface area (Å²) in [5.74, 6) is -1.22. The summed E-state index contributed by atoms with van der Waals surface area (Å²) in [5.41, 5.74) is 0.814. The number of carbonyl (C=O) groups excluding carboxylic acids is 3. The second-order valence-corrected chi connectivity index (χ2v) is 6.21. The van der Waals surface area contributed by atoms with E-state index in [0.29, 0.717) is 42.6 Å². The molecular weight excluding hydrogens is 362 g/mol. The van der Waals surface area contributed by atoms with Gasteiger partial charge in [-0.2, -0.15) is 0 Å². The molecule has 2 heterocycles. The second-order valence-electron chi connectivity index (χ2n) is 5.80. The third-order valence-corrected chi connectivity index (χ3v) is 4.44. The molecule has 8 nitrogen and oxygen atoms in total. The highest BCUT2D eigenvalue weighted by Crippen LogP contribution is 2.27. The van der Waals surface area contributed by atoms with Gasteiger partial charge in [-0.25, -0.2) is 0 Å². The molecule has 0 saturated carbocycles. The van der Waals surface area contributed by atoms with E-state index in [-0.39, 0.29) is 24.8 Å². The van der Waals surface area contributed by atoms with Crippen molar-refractivity contribution in [2.24, 2.45) is 0 Å². The van der Waals surface area contributed by atoms with Gasteiger partial charge in [0.25, 0.3) is 17.7 Å². The van der Waals surface area contributed by atoms with Crippen LogP contribution in [0.25, 0.3) is 0 Å². The Bertz CT molecular complexity index is 774. The number of imide groups is 1. The molecular formula is C17H18ClN3O5. The number of β-amino-alcohol motifs (C(OH)–C–C–N with tert-alkyl or cyclic N) is 1. The zero-order valence-electron chi connectivity index (χ0n) is 13.9. The number of morpholine rings is 1. The van der Waals surface area contributed by atoms with Crippen LogP contribution in [-0.4, -0.2) is 72.1 Å². The second kappa shape index (κ2) is 7.86.